The highest BCUT2D eigenvalue weighted by molar-refractivity contribution is 7.92. The van der Waals surface area contributed by atoms with Gasteiger partial charge in [-0.3, -0.25) is 9.52 Å². The lowest BCUT2D eigenvalue weighted by Crippen LogP contribution is -2.28. The van der Waals surface area contributed by atoms with E-state index in [1.165, 1.54) is 47.8 Å². The van der Waals surface area contributed by atoms with E-state index < -0.39 is 26.0 Å². The van der Waals surface area contributed by atoms with E-state index in [0.29, 0.717) is 18.8 Å². The van der Waals surface area contributed by atoms with Gasteiger partial charge in [-0.1, -0.05) is 23.7 Å². The summed E-state index contributed by atoms with van der Waals surface area (Å²) < 4.78 is 61.6. The number of carbonyl (C=O) groups excluding carboxylic acids is 1. The van der Waals surface area contributed by atoms with E-state index in [1.807, 2.05) is 13.0 Å². The van der Waals surface area contributed by atoms with Gasteiger partial charge in [0.2, 0.25) is 10.0 Å². The molecule has 2 N–H and O–H groups in total. The number of rotatable bonds is 8. The van der Waals surface area contributed by atoms with Gasteiger partial charge in [0, 0.05) is 18.7 Å². The Morgan fingerprint density at radius 2 is 1.66 bits per heavy atom. The Kier molecular flexibility index (Phi) is 8.03. The quantitative estimate of drug-likeness (QED) is 0.396. The van der Waals surface area contributed by atoms with Crippen molar-refractivity contribution in [3.63, 3.8) is 0 Å². The average molecular weight is 578 g/mol. The van der Waals surface area contributed by atoms with Gasteiger partial charge in [0.15, 0.2) is 0 Å². The number of aryl methyl sites for hydroxylation is 1. The molecule has 0 aliphatic carbocycles. The van der Waals surface area contributed by atoms with Crippen LogP contribution in [0.1, 0.15) is 34.3 Å². The zero-order valence-corrected chi connectivity index (χ0v) is 23.5. The maximum absolute atomic E-state index is 13.2. The van der Waals surface area contributed by atoms with Crippen molar-refractivity contribution in [3.8, 4) is 5.75 Å². The molecule has 202 valence electrons. The Bertz CT molecular complexity index is 1600. The van der Waals surface area contributed by atoms with Gasteiger partial charge in [-0.05, 0) is 80.3 Å². The molecule has 0 unspecified atom stereocenters. The third-order valence-corrected chi connectivity index (χ3v) is 10.2. The molecule has 1 fully saturated rings. The topological polar surface area (TPSA) is 122 Å². The summed E-state index contributed by atoms with van der Waals surface area (Å²) >= 11 is 6.22. The molecule has 0 saturated carbocycles. The Labute approximate surface area is 227 Å². The fraction of sp³-hybridized carbons (Fsp3) is 0.269. The van der Waals surface area contributed by atoms with Crippen LogP contribution in [0.25, 0.3) is 0 Å². The van der Waals surface area contributed by atoms with Crippen molar-refractivity contribution in [1.29, 1.82) is 0 Å². The highest BCUT2D eigenvalue weighted by atomic mass is 35.5. The summed E-state index contributed by atoms with van der Waals surface area (Å²) in [4.78, 5) is 12.9. The molecule has 0 bridgehead atoms. The van der Waals surface area contributed by atoms with Crippen molar-refractivity contribution in [2.75, 3.05) is 30.2 Å². The van der Waals surface area contributed by atoms with Gasteiger partial charge in [0.05, 0.1) is 28.4 Å². The first-order chi connectivity index (χ1) is 17.9. The van der Waals surface area contributed by atoms with Crippen LogP contribution in [-0.4, -0.2) is 47.2 Å². The molecule has 0 radical (unpaired) electrons. The standard InChI is InChI=1S/C26H28ClN3O6S2/c1-17-7-6-8-22(18(17)2)29-37(32,33)25-15-19(9-11-21(25)27)26(31)28-23-16-20(10-12-24(23)36-3)38(34,35)30-13-4-5-14-30/h6-12,15-16,29H,4-5,13-14H2,1-3H3,(H,28,31). The van der Waals surface area contributed by atoms with Gasteiger partial charge in [0.25, 0.3) is 15.9 Å². The zero-order valence-electron chi connectivity index (χ0n) is 21.1. The first-order valence-corrected chi connectivity index (χ1v) is 15.1. The molecule has 4 rings (SSSR count). The fourth-order valence-corrected chi connectivity index (χ4v) is 7.32. The van der Waals surface area contributed by atoms with E-state index in [1.54, 1.807) is 19.1 Å². The lowest BCUT2D eigenvalue weighted by molar-refractivity contribution is 0.102. The van der Waals surface area contributed by atoms with Crippen molar-refractivity contribution in [2.45, 2.75) is 36.5 Å². The number of amides is 1. The third-order valence-electron chi connectivity index (χ3n) is 6.45. The van der Waals surface area contributed by atoms with Crippen LogP contribution in [0.5, 0.6) is 5.75 Å². The first kappa shape index (κ1) is 27.9. The number of sulfonamides is 2. The second-order valence-electron chi connectivity index (χ2n) is 8.93. The van der Waals surface area contributed by atoms with Crippen LogP contribution in [0.2, 0.25) is 5.02 Å². The molecular formula is C26H28ClN3O6S2. The molecule has 1 heterocycles. The van der Waals surface area contributed by atoms with Crippen LogP contribution in [0.15, 0.2) is 64.4 Å². The number of ether oxygens (including phenoxy) is 1. The fourth-order valence-electron chi connectivity index (χ4n) is 4.13. The van der Waals surface area contributed by atoms with E-state index in [2.05, 4.69) is 10.0 Å². The number of halogens is 1. The second kappa shape index (κ2) is 10.9. The van der Waals surface area contributed by atoms with E-state index in [0.717, 1.165) is 24.0 Å². The number of hydrogen-bond donors (Lipinski definition) is 2. The van der Waals surface area contributed by atoms with Crippen molar-refractivity contribution in [1.82, 2.24) is 4.31 Å². The maximum atomic E-state index is 13.2. The third kappa shape index (κ3) is 5.65. The van der Waals surface area contributed by atoms with Crippen molar-refractivity contribution in [2.24, 2.45) is 0 Å². The Morgan fingerprint density at radius 1 is 0.947 bits per heavy atom. The Balaban J connectivity index is 1.64. The molecule has 0 spiro atoms. The summed E-state index contributed by atoms with van der Waals surface area (Å²) in [5.74, 6) is -0.420. The smallest absolute Gasteiger partial charge is 0.263 e. The molecule has 0 atom stereocenters. The second-order valence-corrected chi connectivity index (χ2v) is 12.9. The lowest BCUT2D eigenvalue weighted by Gasteiger charge is -2.18. The molecule has 1 amide bonds. The highest BCUT2D eigenvalue weighted by Crippen LogP contribution is 2.32. The molecule has 0 aromatic heterocycles. The first-order valence-electron chi connectivity index (χ1n) is 11.8. The number of nitrogens with zero attached hydrogens (tertiary/aromatic N) is 1. The Morgan fingerprint density at radius 3 is 2.34 bits per heavy atom. The zero-order chi connectivity index (χ0) is 27.7. The van der Waals surface area contributed by atoms with E-state index in [9.17, 15) is 21.6 Å². The van der Waals surface area contributed by atoms with Gasteiger partial charge >= 0.3 is 0 Å². The van der Waals surface area contributed by atoms with Gasteiger partial charge in [-0.25, -0.2) is 16.8 Å². The van der Waals surface area contributed by atoms with Crippen LogP contribution in [-0.2, 0) is 20.0 Å². The number of methoxy groups -OCH3 is 1. The summed E-state index contributed by atoms with van der Waals surface area (Å²) in [6, 6.07) is 13.3. The van der Waals surface area contributed by atoms with Crippen LogP contribution in [0.4, 0.5) is 11.4 Å². The number of hydrogen-bond acceptors (Lipinski definition) is 6. The van der Waals surface area contributed by atoms with Crippen LogP contribution in [0.3, 0.4) is 0 Å². The molecule has 1 aliphatic rings. The molecule has 1 aliphatic heterocycles. The number of benzene rings is 3. The minimum absolute atomic E-state index is 0.00518. The van der Waals surface area contributed by atoms with Gasteiger partial charge in [-0.15, -0.1) is 0 Å². The van der Waals surface area contributed by atoms with E-state index >= 15 is 0 Å². The maximum Gasteiger partial charge on any atom is 0.263 e. The van der Waals surface area contributed by atoms with Crippen molar-refractivity contribution in [3.05, 3.63) is 76.3 Å². The van der Waals surface area contributed by atoms with E-state index in [4.69, 9.17) is 16.3 Å². The number of carbonyl (C=O) groups is 1. The van der Waals surface area contributed by atoms with E-state index in [-0.39, 0.29) is 31.8 Å². The summed E-state index contributed by atoms with van der Waals surface area (Å²) in [7, 11) is -6.47. The summed E-state index contributed by atoms with van der Waals surface area (Å²) in [6.07, 6.45) is 1.58. The predicted octanol–water partition coefficient (Wildman–Crippen LogP) is 4.80. The highest BCUT2D eigenvalue weighted by Gasteiger charge is 2.28. The minimum Gasteiger partial charge on any atom is -0.495 e. The van der Waals surface area contributed by atoms with Gasteiger partial charge in [0.1, 0.15) is 10.6 Å². The minimum atomic E-state index is -4.13. The monoisotopic (exact) mass is 577 g/mol. The molecule has 3 aromatic carbocycles. The van der Waals surface area contributed by atoms with Gasteiger partial charge in [-0.2, -0.15) is 4.31 Å². The van der Waals surface area contributed by atoms with Crippen LogP contribution in [0, 0.1) is 13.8 Å². The summed E-state index contributed by atoms with van der Waals surface area (Å²) in [5.41, 5.74) is 2.21. The lowest BCUT2D eigenvalue weighted by atomic mass is 10.1. The normalized spacial score (nSPS) is 14.3. The van der Waals surface area contributed by atoms with Crippen LogP contribution >= 0.6 is 11.6 Å². The predicted molar refractivity (Wildman–Crippen MR) is 147 cm³/mol. The van der Waals surface area contributed by atoms with Crippen molar-refractivity contribution < 1.29 is 26.4 Å². The molecular weight excluding hydrogens is 550 g/mol. The summed E-state index contributed by atoms with van der Waals surface area (Å²) in [5, 5.41) is 2.58. The van der Waals surface area contributed by atoms with Gasteiger partial charge < -0.3 is 10.1 Å². The molecule has 3 aromatic rings. The summed E-state index contributed by atoms with van der Waals surface area (Å²) in [6.45, 7) is 4.54. The molecule has 9 nitrogen and oxygen atoms in total. The number of nitrogens with one attached hydrogen (secondary N) is 2. The largest absolute Gasteiger partial charge is 0.495 e. The average Bonchev–Trinajstić information content (AvgIpc) is 3.43. The Hall–Kier alpha value is -3.12. The molecule has 1 saturated heterocycles. The molecule has 12 heteroatoms. The van der Waals surface area contributed by atoms with Crippen molar-refractivity contribution >= 4 is 48.9 Å². The SMILES string of the molecule is COc1ccc(S(=O)(=O)N2CCCC2)cc1NC(=O)c1ccc(Cl)c(S(=O)(=O)Nc2cccc(C)c2C)c1. The van der Waals surface area contributed by atoms with Crippen LogP contribution < -0.4 is 14.8 Å². The number of anilines is 2. The molecule has 38 heavy (non-hydrogen) atoms.